The molecule has 0 saturated carbocycles. The number of hydrogen-bond acceptors (Lipinski definition) is 5. The van der Waals surface area contributed by atoms with Crippen molar-refractivity contribution in [3.63, 3.8) is 0 Å². The van der Waals surface area contributed by atoms with Crippen LogP contribution in [0.3, 0.4) is 0 Å². The summed E-state index contributed by atoms with van der Waals surface area (Å²) in [5, 5.41) is 0.296. The number of nitrogen functional groups attached to an aromatic ring is 1. The van der Waals surface area contributed by atoms with E-state index in [4.69, 9.17) is 17.3 Å². The van der Waals surface area contributed by atoms with Crippen LogP contribution in [0.4, 0.5) is 10.2 Å². The fourth-order valence-corrected chi connectivity index (χ4v) is 1.96. The molecule has 6 nitrogen and oxygen atoms in total. The summed E-state index contributed by atoms with van der Waals surface area (Å²) in [6.45, 7) is 0.154. The Morgan fingerprint density at radius 2 is 2.11 bits per heavy atom. The second-order valence-corrected chi connectivity index (χ2v) is 4.27. The minimum Gasteiger partial charge on any atom is -0.382 e. The van der Waals surface area contributed by atoms with Crippen molar-refractivity contribution in [2.45, 2.75) is 6.54 Å². The van der Waals surface area contributed by atoms with E-state index < -0.39 is 5.95 Å². The molecular weight excluding hydrogens is 271 g/mol. The Balaban J connectivity index is 2.07. The first-order chi connectivity index (χ1) is 9.16. The number of imidazole rings is 1. The van der Waals surface area contributed by atoms with Gasteiger partial charge in [0.25, 0.3) is 0 Å². The van der Waals surface area contributed by atoms with Crippen molar-refractivity contribution >= 4 is 17.4 Å². The van der Waals surface area contributed by atoms with Crippen LogP contribution in [0, 0.1) is 5.95 Å². The Bertz CT molecular complexity index is 692. The van der Waals surface area contributed by atoms with E-state index in [1.807, 2.05) is 0 Å². The summed E-state index contributed by atoms with van der Waals surface area (Å²) < 4.78 is 15.3. The van der Waals surface area contributed by atoms with Gasteiger partial charge in [0.15, 0.2) is 11.6 Å². The summed E-state index contributed by atoms with van der Waals surface area (Å²) in [7, 11) is 0. The predicted molar refractivity (Wildman–Crippen MR) is 67.2 cm³/mol. The molecule has 0 unspecified atom stereocenters. The maximum absolute atomic E-state index is 13.7. The number of pyridine rings is 1. The molecule has 2 N–H and O–H groups in total. The number of nitrogens with two attached hydrogens (primary N) is 1. The van der Waals surface area contributed by atoms with Gasteiger partial charge >= 0.3 is 0 Å². The number of anilines is 1. The molecule has 0 bridgehead atoms. The third kappa shape index (κ3) is 1.97. The summed E-state index contributed by atoms with van der Waals surface area (Å²) in [4.78, 5) is 15.6. The van der Waals surface area contributed by atoms with Crippen LogP contribution in [0.5, 0.6) is 0 Å². The third-order valence-electron chi connectivity index (χ3n) is 2.70. The molecule has 8 heteroatoms. The van der Waals surface area contributed by atoms with Crippen molar-refractivity contribution in [3.8, 4) is 11.5 Å². The molecule has 3 heterocycles. The van der Waals surface area contributed by atoms with E-state index in [1.54, 1.807) is 4.57 Å². The van der Waals surface area contributed by atoms with Crippen molar-refractivity contribution in [2.24, 2.45) is 0 Å². The second-order valence-electron chi connectivity index (χ2n) is 3.87. The summed E-state index contributed by atoms with van der Waals surface area (Å²) in [5.74, 6) is 0.179. The molecule has 0 aliphatic carbocycles. The van der Waals surface area contributed by atoms with Crippen LogP contribution >= 0.6 is 11.6 Å². The maximum atomic E-state index is 13.7. The van der Waals surface area contributed by atoms with E-state index >= 15 is 0 Å². The van der Waals surface area contributed by atoms with Crippen LogP contribution in [0.1, 0.15) is 5.56 Å². The molecule has 0 radical (unpaired) electrons. The molecule has 2 aliphatic rings. The lowest BCUT2D eigenvalue weighted by atomic mass is 10.2. The van der Waals surface area contributed by atoms with Gasteiger partial charge < -0.3 is 10.3 Å². The highest BCUT2D eigenvalue weighted by atomic mass is 35.5. The van der Waals surface area contributed by atoms with Gasteiger partial charge in [-0.1, -0.05) is 11.6 Å². The highest BCUT2D eigenvalue weighted by molar-refractivity contribution is 6.31. The average Bonchev–Trinajstić information content (AvgIpc) is 2.87. The topological polar surface area (TPSA) is 82.5 Å². The van der Waals surface area contributed by atoms with Crippen molar-refractivity contribution in [2.75, 3.05) is 5.73 Å². The lowest BCUT2D eigenvalue weighted by Gasteiger charge is -2.12. The highest BCUT2D eigenvalue weighted by Crippen LogP contribution is 2.24. The standard InChI is InChI=1S/C11H8ClFN6/c12-7-1-2-15-9(13)6(7)3-19-5-18-10(14)8-11(19)17-4-16-8/h1-2,4-5H,3,14H2. The SMILES string of the molecule is Nc1ncn(Cc2c(Cl)ccnc2F)c2ncnc1-2. The van der Waals surface area contributed by atoms with Crippen LogP contribution in [0.25, 0.3) is 11.5 Å². The van der Waals surface area contributed by atoms with Crippen molar-refractivity contribution in [1.29, 1.82) is 0 Å². The van der Waals surface area contributed by atoms with Gasteiger partial charge in [-0.25, -0.2) is 19.9 Å². The first-order valence-corrected chi connectivity index (χ1v) is 5.75. The van der Waals surface area contributed by atoms with Gasteiger partial charge in [-0.05, 0) is 6.07 Å². The van der Waals surface area contributed by atoms with Crippen LogP contribution in [-0.4, -0.2) is 24.5 Å². The zero-order chi connectivity index (χ0) is 13.4. The van der Waals surface area contributed by atoms with Crippen LogP contribution in [-0.2, 0) is 6.54 Å². The van der Waals surface area contributed by atoms with E-state index in [0.29, 0.717) is 16.5 Å². The molecule has 1 aromatic heterocycles. The van der Waals surface area contributed by atoms with Gasteiger partial charge in [0.05, 0.1) is 17.9 Å². The third-order valence-corrected chi connectivity index (χ3v) is 3.06. The summed E-state index contributed by atoms with van der Waals surface area (Å²) in [6.07, 6.45) is 4.15. The quantitative estimate of drug-likeness (QED) is 0.720. The molecule has 0 saturated heterocycles. The number of nitrogens with zero attached hydrogens (tertiary/aromatic N) is 5. The van der Waals surface area contributed by atoms with Gasteiger partial charge in [0.2, 0.25) is 5.95 Å². The monoisotopic (exact) mass is 278 g/mol. The minimum absolute atomic E-state index is 0.154. The zero-order valence-electron chi connectivity index (χ0n) is 9.59. The van der Waals surface area contributed by atoms with E-state index in [-0.39, 0.29) is 17.9 Å². The minimum atomic E-state index is -0.621. The molecular formula is C11H8ClFN6. The average molecular weight is 279 g/mol. The number of rotatable bonds is 2. The van der Waals surface area contributed by atoms with Crippen LogP contribution < -0.4 is 5.73 Å². The van der Waals surface area contributed by atoms with Crippen molar-refractivity contribution in [3.05, 3.63) is 41.5 Å². The zero-order valence-corrected chi connectivity index (χ0v) is 10.3. The number of hydrogen-bond donors (Lipinski definition) is 1. The highest BCUT2D eigenvalue weighted by Gasteiger charge is 2.17. The molecule has 0 amide bonds. The summed E-state index contributed by atoms with van der Waals surface area (Å²) >= 11 is 5.96. The van der Waals surface area contributed by atoms with Crippen molar-refractivity contribution < 1.29 is 4.39 Å². The molecule has 0 aromatic carbocycles. The Hall–Kier alpha value is -2.28. The summed E-state index contributed by atoms with van der Waals surface area (Å²) in [6, 6.07) is 1.53. The molecule has 96 valence electrons. The van der Waals surface area contributed by atoms with Gasteiger partial charge in [0, 0.05) is 11.8 Å². The molecule has 0 spiro atoms. The van der Waals surface area contributed by atoms with Crippen LogP contribution in [0.2, 0.25) is 5.02 Å². The van der Waals surface area contributed by atoms with Crippen LogP contribution in [0.15, 0.2) is 24.9 Å². The lowest BCUT2D eigenvalue weighted by molar-refractivity contribution is 0.557. The molecule has 1 aromatic rings. The molecule has 3 rings (SSSR count). The number of fused-ring (bicyclic) bond motifs is 1. The van der Waals surface area contributed by atoms with Gasteiger partial charge in [-0.2, -0.15) is 4.39 Å². The molecule has 0 fully saturated rings. The van der Waals surface area contributed by atoms with Crippen molar-refractivity contribution in [1.82, 2.24) is 24.5 Å². The Morgan fingerprint density at radius 3 is 2.89 bits per heavy atom. The Morgan fingerprint density at radius 1 is 1.26 bits per heavy atom. The van der Waals surface area contributed by atoms with E-state index in [2.05, 4.69) is 19.9 Å². The maximum Gasteiger partial charge on any atom is 0.219 e. The first-order valence-electron chi connectivity index (χ1n) is 5.37. The van der Waals surface area contributed by atoms with Gasteiger partial charge in [-0.3, -0.25) is 0 Å². The largest absolute Gasteiger partial charge is 0.382 e. The summed E-state index contributed by atoms with van der Waals surface area (Å²) in [5.41, 5.74) is 6.43. The van der Waals surface area contributed by atoms with Gasteiger partial charge in [0.1, 0.15) is 12.0 Å². The van der Waals surface area contributed by atoms with E-state index in [1.165, 1.54) is 24.9 Å². The fraction of sp³-hybridized carbons (Fsp3) is 0.0909. The molecule has 19 heavy (non-hydrogen) atoms. The molecule has 0 atom stereocenters. The Labute approximate surface area is 112 Å². The fourth-order valence-electron chi connectivity index (χ4n) is 1.77. The Kier molecular flexibility index (Phi) is 2.75. The predicted octanol–water partition coefficient (Wildman–Crippen LogP) is 1.60. The van der Waals surface area contributed by atoms with Gasteiger partial charge in [-0.15, -0.1) is 0 Å². The van der Waals surface area contributed by atoms with E-state index in [0.717, 1.165) is 0 Å². The number of aromatic nitrogens is 5. The van der Waals surface area contributed by atoms with E-state index in [9.17, 15) is 4.39 Å². The normalized spacial score (nSPS) is 11.1. The first kappa shape index (κ1) is 11.8. The lowest BCUT2D eigenvalue weighted by Crippen LogP contribution is -2.11. The second kappa shape index (κ2) is 4.43. The smallest absolute Gasteiger partial charge is 0.219 e. The number of halogens is 2. The molecule has 2 aliphatic heterocycles.